The molecule has 3 nitrogen and oxygen atoms in total. The summed E-state index contributed by atoms with van der Waals surface area (Å²) < 4.78 is 5.35. The van der Waals surface area contributed by atoms with Crippen molar-refractivity contribution in [3.05, 3.63) is 0 Å². The van der Waals surface area contributed by atoms with Crippen LogP contribution in [0, 0.1) is 11.8 Å². The summed E-state index contributed by atoms with van der Waals surface area (Å²) in [5, 5.41) is 7.30. The van der Waals surface area contributed by atoms with Gasteiger partial charge in [-0.2, -0.15) is 0 Å². The van der Waals surface area contributed by atoms with E-state index in [-0.39, 0.29) is 0 Å². The lowest BCUT2D eigenvalue weighted by Crippen LogP contribution is -2.44. The van der Waals surface area contributed by atoms with Crippen LogP contribution in [0.1, 0.15) is 27.2 Å². The van der Waals surface area contributed by atoms with Crippen LogP contribution in [-0.2, 0) is 4.74 Å². The Balaban J connectivity index is 2.18. The topological polar surface area (TPSA) is 33.3 Å². The second-order valence-electron chi connectivity index (χ2n) is 4.66. The maximum atomic E-state index is 5.35. The Bertz CT molecular complexity index is 203. The lowest BCUT2D eigenvalue weighted by Gasteiger charge is -2.21. The van der Waals surface area contributed by atoms with Gasteiger partial charge < -0.3 is 15.4 Å². The van der Waals surface area contributed by atoms with E-state index in [2.05, 4.69) is 31.4 Å². The maximum Gasteiger partial charge on any atom is 0.166 e. The van der Waals surface area contributed by atoms with E-state index in [1.165, 1.54) is 0 Å². The molecule has 0 aliphatic carbocycles. The number of rotatable bonds is 4. The first-order valence-corrected chi connectivity index (χ1v) is 6.12. The van der Waals surface area contributed by atoms with Crippen molar-refractivity contribution in [2.75, 3.05) is 19.8 Å². The van der Waals surface area contributed by atoms with Gasteiger partial charge >= 0.3 is 0 Å². The standard InChI is InChI=1S/C11H22N2OS/c1-8(2)6-12-11(15)13-9(3)10-4-5-14-7-10/h8-10H,4-7H2,1-3H3,(H2,12,13,15). The number of hydrogen-bond acceptors (Lipinski definition) is 2. The molecule has 2 atom stereocenters. The minimum absolute atomic E-state index is 0.402. The summed E-state index contributed by atoms with van der Waals surface area (Å²) in [6.07, 6.45) is 1.14. The third-order valence-electron chi connectivity index (χ3n) is 2.70. The molecule has 0 bridgehead atoms. The molecular weight excluding hydrogens is 208 g/mol. The first-order chi connectivity index (χ1) is 7.09. The predicted molar refractivity (Wildman–Crippen MR) is 67.0 cm³/mol. The number of ether oxygens (including phenoxy) is 1. The molecule has 0 amide bonds. The van der Waals surface area contributed by atoms with Gasteiger partial charge in [0.15, 0.2) is 5.11 Å². The highest BCUT2D eigenvalue weighted by Crippen LogP contribution is 2.16. The smallest absolute Gasteiger partial charge is 0.166 e. The molecule has 2 unspecified atom stereocenters. The van der Waals surface area contributed by atoms with E-state index in [0.29, 0.717) is 17.9 Å². The molecule has 15 heavy (non-hydrogen) atoms. The van der Waals surface area contributed by atoms with Crippen molar-refractivity contribution in [3.63, 3.8) is 0 Å². The minimum atomic E-state index is 0.402. The molecule has 0 saturated carbocycles. The van der Waals surface area contributed by atoms with Gasteiger partial charge in [-0.15, -0.1) is 0 Å². The molecule has 88 valence electrons. The van der Waals surface area contributed by atoms with E-state index in [1.54, 1.807) is 0 Å². The van der Waals surface area contributed by atoms with Crippen LogP contribution >= 0.6 is 12.2 Å². The van der Waals surface area contributed by atoms with E-state index in [9.17, 15) is 0 Å². The van der Waals surface area contributed by atoms with Crippen molar-refractivity contribution in [1.29, 1.82) is 0 Å². The molecule has 0 aromatic carbocycles. The fraction of sp³-hybridized carbons (Fsp3) is 0.909. The zero-order valence-corrected chi connectivity index (χ0v) is 10.7. The third kappa shape index (κ3) is 4.80. The Hall–Kier alpha value is -0.350. The lowest BCUT2D eigenvalue weighted by atomic mass is 10.0. The van der Waals surface area contributed by atoms with Gasteiger partial charge in [-0.05, 0) is 31.5 Å². The van der Waals surface area contributed by atoms with Crippen LogP contribution in [0.5, 0.6) is 0 Å². The van der Waals surface area contributed by atoms with Crippen molar-refractivity contribution in [2.24, 2.45) is 11.8 Å². The normalized spacial score (nSPS) is 22.8. The first-order valence-electron chi connectivity index (χ1n) is 5.71. The van der Waals surface area contributed by atoms with Crippen LogP contribution in [0.3, 0.4) is 0 Å². The van der Waals surface area contributed by atoms with Gasteiger partial charge in [0.1, 0.15) is 0 Å². The van der Waals surface area contributed by atoms with Gasteiger partial charge in [0, 0.05) is 25.1 Å². The van der Waals surface area contributed by atoms with Crippen molar-refractivity contribution in [3.8, 4) is 0 Å². The van der Waals surface area contributed by atoms with Gasteiger partial charge in [0.25, 0.3) is 0 Å². The second-order valence-corrected chi connectivity index (χ2v) is 5.07. The molecule has 1 saturated heterocycles. The summed E-state index contributed by atoms with van der Waals surface area (Å²) in [6.45, 7) is 9.19. The monoisotopic (exact) mass is 230 g/mol. The summed E-state index contributed by atoms with van der Waals surface area (Å²) in [5.41, 5.74) is 0. The van der Waals surface area contributed by atoms with Gasteiger partial charge in [-0.1, -0.05) is 13.8 Å². The van der Waals surface area contributed by atoms with E-state index < -0.39 is 0 Å². The summed E-state index contributed by atoms with van der Waals surface area (Å²) in [4.78, 5) is 0. The van der Waals surface area contributed by atoms with Crippen LogP contribution in [-0.4, -0.2) is 30.9 Å². The number of hydrogen-bond donors (Lipinski definition) is 2. The molecule has 4 heteroatoms. The lowest BCUT2D eigenvalue weighted by molar-refractivity contribution is 0.180. The summed E-state index contributed by atoms with van der Waals surface area (Å²) in [7, 11) is 0. The first kappa shape index (κ1) is 12.7. The molecule has 1 rings (SSSR count). The molecule has 1 aliphatic heterocycles. The molecule has 0 spiro atoms. The van der Waals surface area contributed by atoms with Crippen molar-refractivity contribution < 1.29 is 4.74 Å². The molecule has 1 heterocycles. The maximum absolute atomic E-state index is 5.35. The Kier molecular flexibility index (Phi) is 5.32. The zero-order valence-electron chi connectivity index (χ0n) is 9.88. The van der Waals surface area contributed by atoms with E-state index in [0.717, 1.165) is 31.3 Å². The molecule has 1 fully saturated rings. The molecular formula is C11H22N2OS. The average Bonchev–Trinajstić information content (AvgIpc) is 2.67. The van der Waals surface area contributed by atoms with Crippen molar-refractivity contribution >= 4 is 17.3 Å². The Labute approximate surface area is 98.0 Å². The molecule has 0 aromatic rings. The predicted octanol–water partition coefficient (Wildman–Crippen LogP) is 1.53. The third-order valence-corrected chi connectivity index (χ3v) is 2.96. The highest BCUT2D eigenvalue weighted by Gasteiger charge is 2.22. The van der Waals surface area contributed by atoms with Gasteiger partial charge in [-0.25, -0.2) is 0 Å². The molecule has 0 radical (unpaired) electrons. The fourth-order valence-corrected chi connectivity index (χ4v) is 1.89. The summed E-state index contributed by atoms with van der Waals surface area (Å²) in [6, 6.07) is 0.402. The highest BCUT2D eigenvalue weighted by molar-refractivity contribution is 7.80. The Morgan fingerprint density at radius 3 is 2.73 bits per heavy atom. The molecule has 0 aromatic heterocycles. The summed E-state index contributed by atoms with van der Waals surface area (Å²) >= 11 is 5.22. The summed E-state index contributed by atoms with van der Waals surface area (Å²) in [5.74, 6) is 1.22. The van der Waals surface area contributed by atoms with Crippen LogP contribution in [0.15, 0.2) is 0 Å². The van der Waals surface area contributed by atoms with Crippen LogP contribution < -0.4 is 10.6 Å². The Morgan fingerprint density at radius 2 is 2.20 bits per heavy atom. The van der Waals surface area contributed by atoms with Gasteiger partial charge in [0.2, 0.25) is 0 Å². The minimum Gasteiger partial charge on any atom is -0.381 e. The SMILES string of the molecule is CC(C)CNC(=S)NC(C)C1CCOC1. The quantitative estimate of drug-likeness (QED) is 0.718. The largest absolute Gasteiger partial charge is 0.381 e. The molecule has 2 N–H and O–H groups in total. The van der Waals surface area contributed by atoms with Gasteiger partial charge in [0.05, 0.1) is 6.61 Å². The van der Waals surface area contributed by atoms with E-state index in [4.69, 9.17) is 17.0 Å². The van der Waals surface area contributed by atoms with Crippen molar-refractivity contribution in [1.82, 2.24) is 10.6 Å². The van der Waals surface area contributed by atoms with E-state index >= 15 is 0 Å². The van der Waals surface area contributed by atoms with E-state index in [1.807, 2.05) is 0 Å². The second kappa shape index (κ2) is 6.28. The van der Waals surface area contributed by atoms with Crippen LogP contribution in [0.4, 0.5) is 0 Å². The number of thiocarbonyl (C=S) groups is 1. The number of nitrogens with one attached hydrogen (secondary N) is 2. The van der Waals surface area contributed by atoms with Crippen LogP contribution in [0.25, 0.3) is 0 Å². The van der Waals surface area contributed by atoms with Gasteiger partial charge in [-0.3, -0.25) is 0 Å². The average molecular weight is 230 g/mol. The molecule has 1 aliphatic rings. The van der Waals surface area contributed by atoms with Crippen LogP contribution in [0.2, 0.25) is 0 Å². The highest BCUT2D eigenvalue weighted by atomic mass is 32.1. The zero-order chi connectivity index (χ0) is 11.3. The Morgan fingerprint density at radius 1 is 1.47 bits per heavy atom. The van der Waals surface area contributed by atoms with Crippen molar-refractivity contribution in [2.45, 2.75) is 33.2 Å². The fourth-order valence-electron chi connectivity index (χ4n) is 1.62.